The Balaban J connectivity index is 1.94. The van der Waals surface area contributed by atoms with Gasteiger partial charge in [-0.05, 0) is 41.8 Å². The van der Waals surface area contributed by atoms with E-state index in [9.17, 15) is 17.6 Å². The summed E-state index contributed by atoms with van der Waals surface area (Å²) in [5.41, 5.74) is 0.586. The molecule has 0 saturated carbocycles. The third-order valence-corrected chi connectivity index (χ3v) is 5.19. The van der Waals surface area contributed by atoms with E-state index in [2.05, 4.69) is 4.98 Å². The number of rotatable bonds is 5. The zero-order valence-corrected chi connectivity index (χ0v) is 15.1. The molecule has 3 nitrogen and oxygen atoms in total. The van der Waals surface area contributed by atoms with Crippen LogP contribution in [0.4, 0.5) is 17.6 Å². The summed E-state index contributed by atoms with van der Waals surface area (Å²) < 4.78 is 57.1. The molecular weight excluding hydrogens is 390 g/mol. The van der Waals surface area contributed by atoms with Crippen molar-refractivity contribution in [3.8, 4) is 0 Å². The van der Waals surface area contributed by atoms with E-state index in [0.29, 0.717) is 15.7 Å². The second kappa shape index (κ2) is 7.46. The molecule has 0 saturated heterocycles. The van der Waals surface area contributed by atoms with Crippen molar-refractivity contribution >= 4 is 29.2 Å². The molecule has 26 heavy (non-hydrogen) atoms. The van der Waals surface area contributed by atoms with Crippen LogP contribution in [0.2, 0.25) is 5.15 Å². The summed E-state index contributed by atoms with van der Waals surface area (Å²) in [6, 6.07) is 5.88. The van der Waals surface area contributed by atoms with Crippen LogP contribution in [-0.2, 0) is 0 Å². The van der Waals surface area contributed by atoms with E-state index in [4.69, 9.17) is 11.6 Å². The summed E-state index contributed by atoms with van der Waals surface area (Å²) in [6.07, 6.45) is -1.41. The molecule has 0 spiro atoms. The Morgan fingerprint density at radius 2 is 1.88 bits per heavy atom. The lowest BCUT2D eigenvalue weighted by Gasteiger charge is -2.31. The van der Waals surface area contributed by atoms with E-state index < -0.39 is 18.0 Å². The van der Waals surface area contributed by atoms with Crippen LogP contribution in [0.3, 0.4) is 0 Å². The zero-order chi connectivity index (χ0) is 18.9. The molecule has 0 bridgehead atoms. The number of pyridine rings is 1. The van der Waals surface area contributed by atoms with Crippen molar-refractivity contribution in [1.82, 2.24) is 13.7 Å². The molecule has 3 aromatic rings. The van der Waals surface area contributed by atoms with Gasteiger partial charge in [0, 0.05) is 17.6 Å². The average Bonchev–Trinajstić information content (AvgIpc) is 2.95. The summed E-state index contributed by atoms with van der Waals surface area (Å²) in [4.78, 5) is 4.66. The van der Waals surface area contributed by atoms with Crippen LogP contribution in [0.25, 0.3) is 5.65 Å². The van der Waals surface area contributed by atoms with Gasteiger partial charge in [-0.3, -0.25) is 4.40 Å². The van der Waals surface area contributed by atoms with Crippen molar-refractivity contribution in [2.75, 3.05) is 6.54 Å². The maximum Gasteiger partial charge on any atom is 0.408 e. The number of halogens is 5. The van der Waals surface area contributed by atoms with Crippen molar-refractivity contribution in [2.45, 2.75) is 24.0 Å². The van der Waals surface area contributed by atoms with E-state index in [-0.39, 0.29) is 12.1 Å². The normalized spacial score (nSPS) is 13.5. The zero-order valence-electron chi connectivity index (χ0n) is 13.5. The number of benzene rings is 1. The summed E-state index contributed by atoms with van der Waals surface area (Å²) in [7, 11) is 0. The minimum absolute atomic E-state index is 0.0185. The molecule has 0 aliphatic rings. The van der Waals surface area contributed by atoms with Crippen molar-refractivity contribution in [2.24, 2.45) is 0 Å². The van der Waals surface area contributed by atoms with Crippen LogP contribution in [0.5, 0.6) is 0 Å². The predicted molar refractivity (Wildman–Crippen MR) is 93.6 cm³/mol. The van der Waals surface area contributed by atoms with Gasteiger partial charge in [0.1, 0.15) is 22.7 Å². The molecule has 1 aromatic carbocycles. The van der Waals surface area contributed by atoms with E-state index >= 15 is 0 Å². The first-order valence-electron chi connectivity index (χ1n) is 7.69. The van der Waals surface area contributed by atoms with Crippen LogP contribution in [0.1, 0.15) is 18.5 Å². The lowest BCUT2D eigenvalue weighted by atomic mass is 10.1. The largest absolute Gasteiger partial charge is 0.408 e. The van der Waals surface area contributed by atoms with Crippen molar-refractivity contribution in [3.05, 3.63) is 65.3 Å². The fraction of sp³-hybridized carbons (Fsp3) is 0.235. The maximum atomic E-state index is 13.7. The first-order valence-corrected chi connectivity index (χ1v) is 8.84. The fourth-order valence-electron chi connectivity index (χ4n) is 2.58. The van der Waals surface area contributed by atoms with Gasteiger partial charge in [0.05, 0.1) is 6.20 Å². The van der Waals surface area contributed by atoms with Crippen molar-refractivity contribution < 1.29 is 17.6 Å². The molecule has 0 fully saturated rings. The number of fused-ring (bicyclic) bond motifs is 1. The highest BCUT2D eigenvalue weighted by Crippen LogP contribution is 2.42. The van der Waals surface area contributed by atoms with Gasteiger partial charge in [0.15, 0.2) is 0 Å². The lowest BCUT2D eigenvalue weighted by molar-refractivity contribution is -0.172. The van der Waals surface area contributed by atoms with Crippen molar-refractivity contribution in [3.63, 3.8) is 0 Å². The highest BCUT2D eigenvalue weighted by atomic mass is 35.5. The second-order valence-corrected chi connectivity index (χ2v) is 7.00. The molecule has 2 heterocycles. The van der Waals surface area contributed by atoms with E-state index in [1.165, 1.54) is 10.5 Å². The molecule has 0 aliphatic heterocycles. The predicted octanol–water partition coefficient (Wildman–Crippen LogP) is 5.76. The molecule has 0 amide bonds. The second-order valence-electron chi connectivity index (χ2n) is 5.49. The summed E-state index contributed by atoms with van der Waals surface area (Å²) in [5.74, 6) is -0.578. The molecule has 0 N–H and O–H groups in total. The molecule has 1 atom stereocenters. The highest BCUT2D eigenvalue weighted by molar-refractivity contribution is 7.97. The summed E-state index contributed by atoms with van der Waals surface area (Å²) in [5, 5.41) is 0.372. The van der Waals surface area contributed by atoms with Gasteiger partial charge < -0.3 is 0 Å². The van der Waals surface area contributed by atoms with E-state index in [1.54, 1.807) is 29.7 Å². The Bertz CT molecular complexity index is 895. The van der Waals surface area contributed by atoms with Gasteiger partial charge in [-0.25, -0.2) is 13.7 Å². The lowest BCUT2D eigenvalue weighted by Crippen LogP contribution is -2.34. The Kier molecular flexibility index (Phi) is 5.45. The molecule has 1 unspecified atom stereocenters. The molecular formula is C17H14ClF4N3S. The van der Waals surface area contributed by atoms with E-state index in [1.807, 2.05) is 0 Å². The van der Waals surface area contributed by atoms with Crippen LogP contribution in [0, 0.1) is 5.82 Å². The van der Waals surface area contributed by atoms with E-state index in [0.717, 1.165) is 36.2 Å². The standard InChI is InChI=1S/C17H14ClF4N3S/c1-2-25(16(17(20,21)22)11-3-5-12(19)6-4-11)26-13-7-8-15-23-9-14(18)24(15)10-13/h3-10,16H,2H2,1H3. The number of nitrogens with zero attached hydrogens (tertiary/aromatic N) is 3. The molecule has 138 valence electrons. The number of hydrogen-bond donors (Lipinski definition) is 0. The smallest absolute Gasteiger partial charge is 0.289 e. The molecule has 0 aliphatic carbocycles. The minimum Gasteiger partial charge on any atom is -0.289 e. The van der Waals surface area contributed by atoms with Gasteiger partial charge in [-0.15, -0.1) is 0 Å². The Morgan fingerprint density at radius 3 is 2.50 bits per heavy atom. The van der Waals surface area contributed by atoms with Crippen LogP contribution < -0.4 is 0 Å². The quantitative estimate of drug-likeness (QED) is 0.399. The first-order chi connectivity index (χ1) is 12.3. The molecule has 9 heteroatoms. The van der Waals surface area contributed by atoms with Crippen LogP contribution >= 0.6 is 23.5 Å². The maximum absolute atomic E-state index is 13.7. The van der Waals surface area contributed by atoms with Gasteiger partial charge in [-0.1, -0.05) is 30.7 Å². The highest BCUT2D eigenvalue weighted by Gasteiger charge is 2.44. The van der Waals surface area contributed by atoms with Crippen LogP contribution in [0.15, 0.2) is 53.7 Å². The number of imidazole rings is 1. The third kappa shape index (κ3) is 3.97. The molecule has 3 rings (SSSR count). The van der Waals surface area contributed by atoms with Crippen LogP contribution in [-0.4, -0.2) is 26.4 Å². The van der Waals surface area contributed by atoms with Crippen molar-refractivity contribution in [1.29, 1.82) is 0 Å². The van der Waals surface area contributed by atoms with Gasteiger partial charge in [0.2, 0.25) is 0 Å². The van der Waals surface area contributed by atoms with Gasteiger partial charge >= 0.3 is 6.18 Å². The third-order valence-electron chi connectivity index (χ3n) is 3.75. The Labute approximate surface area is 156 Å². The topological polar surface area (TPSA) is 20.5 Å². The Morgan fingerprint density at radius 1 is 1.19 bits per heavy atom. The number of alkyl halides is 3. The Hall–Kier alpha value is -1.77. The molecule has 2 aromatic heterocycles. The molecule has 0 radical (unpaired) electrons. The van der Waals surface area contributed by atoms with Gasteiger partial charge in [-0.2, -0.15) is 13.2 Å². The monoisotopic (exact) mass is 403 g/mol. The average molecular weight is 404 g/mol. The minimum atomic E-state index is -4.52. The summed E-state index contributed by atoms with van der Waals surface area (Å²) in [6.45, 7) is 1.76. The fourth-order valence-corrected chi connectivity index (χ4v) is 3.80. The van der Waals surface area contributed by atoms with Gasteiger partial charge in [0.25, 0.3) is 0 Å². The SMILES string of the molecule is CCN(Sc1ccc2ncc(Cl)n2c1)C(c1ccc(F)cc1)C(F)(F)F. The summed E-state index contributed by atoms with van der Waals surface area (Å²) >= 11 is 6.98. The number of aromatic nitrogens is 2. The number of hydrogen-bond acceptors (Lipinski definition) is 3. The first kappa shape index (κ1) is 19.0.